The Morgan fingerprint density at radius 1 is 1.15 bits per heavy atom. The predicted molar refractivity (Wildman–Crippen MR) is 123 cm³/mol. The maximum absolute atomic E-state index is 15.5. The topological polar surface area (TPSA) is 89.1 Å². The number of aliphatic hydroxyl groups is 1. The molecule has 3 aromatic rings. The highest BCUT2D eigenvalue weighted by Gasteiger charge is 2.47. The van der Waals surface area contributed by atoms with Crippen LogP contribution in [0.1, 0.15) is 12.5 Å². The Morgan fingerprint density at radius 2 is 1.85 bits per heavy atom. The van der Waals surface area contributed by atoms with Crippen LogP contribution in [0.5, 0.6) is 11.5 Å². The Labute approximate surface area is 194 Å². The van der Waals surface area contributed by atoms with Gasteiger partial charge in [0.05, 0.1) is 26.5 Å². The van der Waals surface area contributed by atoms with E-state index in [0.29, 0.717) is 22.7 Å². The zero-order valence-electron chi connectivity index (χ0n) is 19.1. The number of anilines is 2. The quantitative estimate of drug-likeness (QED) is 0.536. The van der Waals surface area contributed by atoms with Crippen LogP contribution in [0, 0.1) is 11.6 Å². The molecule has 0 aliphatic carbocycles. The predicted octanol–water partition coefficient (Wildman–Crippen LogP) is 3.16. The Morgan fingerprint density at radius 3 is 2.50 bits per heavy atom. The van der Waals surface area contributed by atoms with E-state index in [1.54, 1.807) is 47.7 Å². The monoisotopic (exact) mass is 470 g/mol. The molecule has 4 heterocycles. The summed E-state index contributed by atoms with van der Waals surface area (Å²) in [6, 6.07) is 2.98. The summed E-state index contributed by atoms with van der Waals surface area (Å²) in [5, 5.41) is 14.5. The van der Waals surface area contributed by atoms with Crippen LogP contribution in [0.25, 0.3) is 11.0 Å². The second kappa shape index (κ2) is 7.80. The number of halogens is 2. The van der Waals surface area contributed by atoms with Gasteiger partial charge in [0.2, 0.25) is 5.85 Å². The average molecular weight is 470 g/mol. The summed E-state index contributed by atoms with van der Waals surface area (Å²) in [6.45, 7) is 1.45. The van der Waals surface area contributed by atoms with E-state index in [2.05, 4.69) is 15.4 Å². The lowest BCUT2D eigenvalue weighted by Gasteiger charge is -2.53. The number of hydrogen-bond donors (Lipinski definition) is 3. The number of benzene rings is 1. The van der Waals surface area contributed by atoms with Crippen molar-refractivity contribution in [3.05, 3.63) is 65.9 Å². The van der Waals surface area contributed by atoms with Crippen LogP contribution in [0.3, 0.4) is 0 Å². The molecule has 2 aromatic heterocycles. The number of nitrogens with one attached hydrogen (secondary N) is 2. The molecule has 0 saturated carbocycles. The second-order valence-electron chi connectivity index (χ2n) is 8.09. The normalized spacial score (nSPS) is 19.7. The first-order valence-corrected chi connectivity index (χ1v) is 10.5. The van der Waals surface area contributed by atoms with E-state index in [1.807, 2.05) is 6.07 Å². The summed E-state index contributed by atoms with van der Waals surface area (Å²) in [7, 11) is 4.33. The Kier molecular flexibility index (Phi) is 5.01. The van der Waals surface area contributed by atoms with Crippen molar-refractivity contribution in [1.29, 1.82) is 0 Å². The van der Waals surface area contributed by atoms with Gasteiger partial charge in [-0.1, -0.05) is 0 Å². The highest BCUT2D eigenvalue weighted by atomic mass is 19.1. The molecule has 11 heteroatoms. The first-order chi connectivity index (χ1) is 16.3. The van der Waals surface area contributed by atoms with Crippen LogP contribution < -0.4 is 24.7 Å². The molecule has 1 atom stereocenters. The molecule has 1 aromatic carbocycles. The van der Waals surface area contributed by atoms with Crippen molar-refractivity contribution in [3.63, 3.8) is 0 Å². The van der Waals surface area contributed by atoms with E-state index in [0.717, 1.165) is 11.5 Å². The van der Waals surface area contributed by atoms with Gasteiger partial charge < -0.3 is 29.9 Å². The standard InChI is InChI=1S/C23H24F2N6O3/c1-23(32)30(21-18(24)15(33-3)10-16(34-4)19(21)25)12-13-11-27-22-14(7-9-26-22)20(13)31(23)17-6-5-8-28-29(17)2/h5-11,28,32H,12H2,1-4H3,(H,26,27). The molecule has 178 valence electrons. The van der Waals surface area contributed by atoms with E-state index in [1.165, 1.54) is 26.0 Å². The molecule has 0 radical (unpaired) electrons. The number of allylic oxidation sites excluding steroid dienone is 2. The average Bonchev–Trinajstić information content (AvgIpc) is 3.29. The van der Waals surface area contributed by atoms with Crippen LogP contribution in [-0.2, 0) is 6.54 Å². The van der Waals surface area contributed by atoms with Gasteiger partial charge in [-0.3, -0.25) is 9.91 Å². The number of H-pyrrole nitrogens is 1. The number of pyridine rings is 1. The highest BCUT2D eigenvalue weighted by molar-refractivity contribution is 5.94. The zero-order valence-corrected chi connectivity index (χ0v) is 19.1. The number of aromatic amines is 1. The number of hydrogen-bond acceptors (Lipinski definition) is 8. The van der Waals surface area contributed by atoms with Crippen molar-refractivity contribution in [2.24, 2.45) is 0 Å². The van der Waals surface area contributed by atoms with Crippen LogP contribution in [0.4, 0.5) is 20.2 Å². The lowest BCUT2D eigenvalue weighted by Crippen LogP contribution is -2.64. The summed E-state index contributed by atoms with van der Waals surface area (Å²) in [6.07, 6.45) is 8.67. The minimum Gasteiger partial charge on any atom is -0.493 e. The van der Waals surface area contributed by atoms with Crippen molar-refractivity contribution in [2.45, 2.75) is 19.3 Å². The van der Waals surface area contributed by atoms with Crippen molar-refractivity contribution >= 4 is 22.4 Å². The van der Waals surface area contributed by atoms with Gasteiger partial charge in [-0.15, -0.1) is 0 Å². The van der Waals surface area contributed by atoms with Gasteiger partial charge in [0.15, 0.2) is 23.1 Å². The molecule has 34 heavy (non-hydrogen) atoms. The molecule has 1 unspecified atom stereocenters. The van der Waals surface area contributed by atoms with E-state index in [4.69, 9.17) is 9.47 Å². The zero-order chi connectivity index (χ0) is 24.2. The SMILES string of the molecule is COc1cc(OC)c(F)c(N2Cc3cnc4[nH]ccc4c3N(C3=CC=CNN3C)C2(C)O)c1F. The minimum atomic E-state index is -1.93. The molecule has 0 amide bonds. The summed E-state index contributed by atoms with van der Waals surface area (Å²) in [5.41, 5.74) is 4.52. The summed E-state index contributed by atoms with van der Waals surface area (Å²) >= 11 is 0. The molecule has 3 N–H and O–H groups in total. The third-order valence-corrected chi connectivity index (χ3v) is 6.12. The smallest absolute Gasteiger partial charge is 0.222 e. The second-order valence-corrected chi connectivity index (χ2v) is 8.09. The maximum atomic E-state index is 15.5. The van der Waals surface area contributed by atoms with Crippen LogP contribution in [0.2, 0.25) is 0 Å². The fourth-order valence-corrected chi connectivity index (χ4v) is 4.49. The van der Waals surface area contributed by atoms with Crippen LogP contribution >= 0.6 is 0 Å². The fourth-order valence-electron chi connectivity index (χ4n) is 4.49. The third-order valence-electron chi connectivity index (χ3n) is 6.12. The molecule has 0 spiro atoms. The van der Waals surface area contributed by atoms with Gasteiger partial charge >= 0.3 is 0 Å². The molecule has 2 aliphatic heterocycles. The maximum Gasteiger partial charge on any atom is 0.222 e. The van der Waals surface area contributed by atoms with Crippen molar-refractivity contribution in [1.82, 2.24) is 20.4 Å². The molecular weight excluding hydrogens is 446 g/mol. The van der Waals surface area contributed by atoms with Crippen molar-refractivity contribution in [3.8, 4) is 11.5 Å². The third kappa shape index (κ3) is 3.04. The molecule has 0 bridgehead atoms. The Hall–Kier alpha value is -3.99. The van der Waals surface area contributed by atoms with Gasteiger partial charge in [0.25, 0.3) is 0 Å². The number of fused-ring (bicyclic) bond motifs is 3. The lowest BCUT2D eigenvalue weighted by atomic mass is 10.0. The van der Waals surface area contributed by atoms with Crippen LogP contribution in [0.15, 0.2) is 48.7 Å². The lowest BCUT2D eigenvalue weighted by molar-refractivity contribution is 0.0427. The molecule has 9 nitrogen and oxygen atoms in total. The molecular formula is C23H24F2N6O3. The van der Waals surface area contributed by atoms with E-state index in [-0.39, 0.29) is 18.0 Å². The van der Waals surface area contributed by atoms with Gasteiger partial charge in [-0.2, -0.15) is 0 Å². The van der Waals surface area contributed by atoms with Crippen LogP contribution in [-0.4, -0.2) is 47.2 Å². The Balaban J connectivity index is 1.80. The first-order valence-electron chi connectivity index (χ1n) is 10.5. The summed E-state index contributed by atoms with van der Waals surface area (Å²) in [5.74, 6) is -3.71. The van der Waals surface area contributed by atoms with E-state index < -0.39 is 23.2 Å². The Bertz CT molecular complexity index is 1310. The first kappa shape index (κ1) is 21.8. The summed E-state index contributed by atoms with van der Waals surface area (Å²) in [4.78, 5) is 10.4. The molecule has 5 rings (SSSR count). The molecule has 0 fully saturated rings. The number of rotatable bonds is 4. The van der Waals surface area contributed by atoms with E-state index >= 15 is 8.78 Å². The summed E-state index contributed by atoms with van der Waals surface area (Å²) < 4.78 is 41.3. The number of aromatic nitrogens is 2. The highest BCUT2D eigenvalue weighted by Crippen LogP contribution is 2.47. The molecule has 2 aliphatic rings. The van der Waals surface area contributed by atoms with Gasteiger partial charge in [0, 0.05) is 49.6 Å². The molecule has 0 saturated heterocycles. The number of nitrogens with zero attached hydrogens (tertiary/aromatic N) is 4. The van der Waals surface area contributed by atoms with Crippen molar-refractivity contribution in [2.75, 3.05) is 31.1 Å². The number of ether oxygens (including phenoxy) is 2. The number of hydrazine groups is 1. The minimum absolute atomic E-state index is 0.0304. The van der Waals surface area contributed by atoms with Crippen molar-refractivity contribution < 1.29 is 23.4 Å². The fraction of sp³-hybridized carbons (Fsp3) is 0.261. The van der Waals surface area contributed by atoms with Gasteiger partial charge in [0.1, 0.15) is 17.2 Å². The van der Waals surface area contributed by atoms with Gasteiger partial charge in [-0.25, -0.2) is 13.8 Å². The van der Waals surface area contributed by atoms with Gasteiger partial charge in [-0.05, 0) is 18.2 Å². The number of methoxy groups -OCH3 is 2. The largest absolute Gasteiger partial charge is 0.493 e. The van der Waals surface area contributed by atoms with E-state index in [9.17, 15) is 5.11 Å².